The van der Waals surface area contributed by atoms with Gasteiger partial charge < -0.3 is 4.90 Å². The number of halogens is 1. The van der Waals surface area contributed by atoms with Crippen LogP contribution >= 0.6 is 11.3 Å². The van der Waals surface area contributed by atoms with E-state index in [1.807, 2.05) is 19.1 Å². The lowest BCUT2D eigenvalue weighted by Gasteiger charge is -2.22. The molecule has 0 spiro atoms. The minimum atomic E-state index is -0.169. The van der Waals surface area contributed by atoms with Gasteiger partial charge in [-0.25, -0.2) is 14.4 Å². The van der Waals surface area contributed by atoms with Gasteiger partial charge in [0, 0.05) is 38.3 Å². The Balaban J connectivity index is 1.31. The van der Waals surface area contributed by atoms with Gasteiger partial charge in [-0.05, 0) is 61.6 Å². The third kappa shape index (κ3) is 5.69. The van der Waals surface area contributed by atoms with Crippen LogP contribution in [-0.2, 0) is 13.0 Å². The number of benzene rings is 1. The van der Waals surface area contributed by atoms with Crippen LogP contribution in [0.25, 0.3) is 10.6 Å². The second-order valence-electron chi connectivity index (χ2n) is 7.62. The summed E-state index contributed by atoms with van der Waals surface area (Å²) in [7, 11) is 0. The van der Waals surface area contributed by atoms with Crippen LogP contribution in [0.2, 0.25) is 0 Å². The zero-order valence-corrected chi connectivity index (χ0v) is 17.7. The van der Waals surface area contributed by atoms with Crippen molar-refractivity contribution in [2.45, 2.75) is 26.3 Å². The molecule has 4 nitrogen and oxygen atoms in total. The van der Waals surface area contributed by atoms with Crippen molar-refractivity contribution >= 4 is 11.3 Å². The van der Waals surface area contributed by atoms with Crippen molar-refractivity contribution in [2.75, 3.05) is 32.7 Å². The summed E-state index contributed by atoms with van der Waals surface area (Å²) in [5.41, 5.74) is 3.33. The molecular weight excluding hydrogens is 383 g/mol. The number of thiophene rings is 1. The van der Waals surface area contributed by atoms with E-state index in [1.54, 1.807) is 23.5 Å². The van der Waals surface area contributed by atoms with Gasteiger partial charge in [0.05, 0.1) is 10.6 Å². The van der Waals surface area contributed by atoms with Gasteiger partial charge in [-0.2, -0.15) is 0 Å². The van der Waals surface area contributed by atoms with Gasteiger partial charge >= 0.3 is 0 Å². The summed E-state index contributed by atoms with van der Waals surface area (Å²) < 4.78 is 13.1. The fourth-order valence-corrected chi connectivity index (χ4v) is 4.52. The van der Waals surface area contributed by atoms with E-state index in [2.05, 4.69) is 43.3 Å². The van der Waals surface area contributed by atoms with Gasteiger partial charge in [-0.15, -0.1) is 11.3 Å². The third-order valence-corrected chi connectivity index (χ3v) is 6.24. The molecule has 0 radical (unpaired) electrons. The van der Waals surface area contributed by atoms with Crippen LogP contribution in [-0.4, -0.2) is 52.5 Å². The zero-order chi connectivity index (χ0) is 20.1. The average Bonchev–Trinajstić information content (AvgIpc) is 3.16. The molecule has 152 valence electrons. The molecule has 4 rings (SSSR count). The van der Waals surface area contributed by atoms with E-state index in [0.29, 0.717) is 0 Å². The number of hydrogen-bond donors (Lipinski definition) is 0. The molecule has 0 unspecified atom stereocenters. The Labute approximate surface area is 176 Å². The predicted molar refractivity (Wildman–Crippen MR) is 117 cm³/mol. The largest absolute Gasteiger partial charge is 0.302 e. The molecule has 0 amide bonds. The minimum Gasteiger partial charge on any atom is -0.302 e. The van der Waals surface area contributed by atoms with Gasteiger partial charge in [-0.1, -0.05) is 18.2 Å². The van der Waals surface area contributed by atoms with Crippen LogP contribution in [0.3, 0.4) is 0 Å². The summed E-state index contributed by atoms with van der Waals surface area (Å²) in [5, 5.41) is 2.08. The maximum absolute atomic E-state index is 13.1. The fraction of sp³-hybridized carbons (Fsp3) is 0.391. The summed E-state index contributed by atoms with van der Waals surface area (Å²) in [6.45, 7) is 8.18. The Morgan fingerprint density at radius 3 is 2.59 bits per heavy atom. The van der Waals surface area contributed by atoms with E-state index >= 15 is 0 Å². The quantitative estimate of drug-likeness (QED) is 0.603. The lowest BCUT2D eigenvalue weighted by Crippen LogP contribution is -2.32. The minimum absolute atomic E-state index is 0.169. The van der Waals surface area contributed by atoms with Gasteiger partial charge in [0.1, 0.15) is 11.6 Å². The van der Waals surface area contributed by atoms with E-state index in [-0.39, 0.29) is 5.82 Å². The summed E-state index contributed by atoms with van der Waals surface area (Å²) in [4.78, 5) is 15.5. The van der Waals surface area contributed by atoms with E-state index in [0.717, 1.165) is 69.3 Å². The first kappa shape index (κ1) is 20.1. The molecule has 1 fully saturated rings. The molecule has 0 atom stereocenters. The number of rotatable bonds is 6. The van der Waals surface area contributed by atoms with Crippen molar-refractivity contribution in [1.82, 2.24) is 19.8 Å². The van der Waals surface area contributed by atoms with Crippen LogP contribution < -0.4 is 0 Å². The second-order valence-corrected chi connectivity index (χ2v) is 8.56. The van der Waals surface area contributed by atoms with Crippen LogP contribution in [0.5, 0.6) is 0 Å². The number of hydrogen-bond acceptors (Lipinski definition) is 5. The molecule has 2 aromatic heterocycles. The van der Waals surface area contributed by atoms with Gasteiger partial charge in [0.2, 0.25) is 0 Å². The van der Waals surface area contributed by atoms with Gasteiger partial charge in [0.25, 0.3) is 0 Å². The molecule has 1 aromatic carbocycles. The second kappa shape index (κ2) is 9.57. The van der Waals surface area contributed by atoms with Crippen molar-refractivity contribution in [3.8, 4) is 10.6 Å². The predicted octanol–water partition coefficient (Wildman–Crippen LogP) is 4.40. The highest BCUT2D eigenvalue weighted by molar-refractivity contribution is 7.13. The Bertz CT molecular complexity index is 911. The van der Waals surface area contributed by atoms with E-state index < -0.39 is 0 Å². The van der Waals surface area contributed by atoms with Crippen LogP contribution in [0.15, 0.2) is 47.8 Å². The van der Waals surface area contributed by atoms with Gasteiger partial charge in [-0.3, -0.25) is 4.90 Å². The van der Waals surface area contributed by atoms with Crippen molar-refractivity contribution in [3.63, 3.8) is 0 Å². The SMILES string of the molecule is Cc1nc(CCN2CCCN(Cc3ccc(F)cc3)CC2)cc(-c2cccs2)n1. The maximum Gasteiger partial charge on any atom is 0.126 e. The maximum atomic E-state index is 13.1. The first-order chi connectivity index (χ1) is 14.2. The van der Waals surface area contributed by atoms with Crippen molar-refractivity contribution in [1.29, 1.82) is 0 Å². The fourth-order valence-electron chi connectivity index (χ4n) is 3.83. The standard InChI is InChI=1S/C23H27FN4S/c1-18-25-21(16-22(26-18)23-4-2-15-29-23)9-12-27-10-3-11-28(14-13-27)17-19-5-7-20(24)8-6-19/h2,4-8,15-16H,3,9-14,17H2,1H3. The van der Waals surface area contributed by atoms with E-state index in [9.17, 15) is 4.39 Å². The van der Waals surface area contributed by atoms with Crippen LogP contribution in [0.1, 0.15) is 23.5 Å². The molecule has 0 aliphatic carbocycles. The molecule has 1 saturated heterocycles. The molecule has 3 heterocycles. The highest BCUT2D eigenvalue weighted by Crippen LogP contribution is 2.23. The zero-order valence-electron chi connectivity index (χ0n) is 16.9. The molecule has 0 N–H and O–H groups in total. The Morgan fingerprint density at radius 2 is 1.79 bits per heavy atom. The monoisotopic (exact) mass is 410 g/mol. The lowest BCUT2D eigenvalue weighted by molar-refractivity contribution is 0.252. The number of aryl methyl sites for hydroxylation is 1. The first-order valence-corrected chi connectivity index (χ1v) is 11.1. The molecule has 6 heteroatoms. The van der Waals surface area contributed by atoms with Crippen molar-refractivity contribution < 1.29 is 4.39 Å². The van der Waals surface area contributed by atoms with Crippen LogP contribution in [0, 0.1) is 12.7 Å². The summed E-state index contributed by atoms with van der Waals surface area (Å²) >= 11 is 1.72. The molecule has 3 aromatic rings. The molecule has 1 aliphatic rings. The molecular formula is C23H27FN4S. The summed E-state index contributed by atoms with van der Waals surface area (Å²) in [5.74, 6) is 0.672. The van der Waals surface area contributed by atoms with E-state index in [4.69, 9.17) is 0 Å². The Kier molecular flexibility index (Phi) is 6.64. The highest BCUT2D eigenvalue weighted by Gasteiger charge is 2.15. The molecule has 0 saturated carbocycles. The average molecular weight is 411 g/mol. The smallest absolute Gasteiger partial charge is 0.126 e. The van der Waals surface area contributed by atoms with Crippen molar-refractivity contribution in [2.24, 2.45) is 0 Å². The topological polar surface area (TPSA) is 32.3 Å². The number of aromatic nitrogens is 2. The molecule has 29 heavy (non-hydrogen) atoms. The lowest BCUT2D eigenvalue weighted by atomic mass is 10.2. The number of nitrogens with zero attached hydrogens (tertiary/aromatic N) is 4. The highest BCUT2D eigenvalue weighted by atomic mass is 32.1. The van der Waals surface area contributed by atoms with E-state index in [1.165, 1.54) is 10.4 Å². The van der Waals surface area contributed by atoms with Crippen molar-refractivity contribution in [3.05, 3.63) is 70.7 Å². The Morgan fingerprint density at radius 1 is 1.00 bits per heavy atom. The summed E-state index contributed by atoms with van der Waals surface area (Å²) in [6, 6.07) is 13.2. The molecule has 0 bridgehead atoms. The first-order valence-electron chi connectivity index (χ1n) is 10.2. The molecule has 1 aliphatic heterocycles. The van der Waals surface area contributed by atoms with Crippen LogP contribution in [0.4, 0.5) is 4.39 Å². The summed E-state index contributed by atoms with van der Waals surface area (Å²) in [6.07, 6.45) is 2.10. The third-order valence-electron chi connectivity index (χ3n) is 5.35. The Hall–Kier alpha value is -2.15. The normalized spacial score (nSPS) is 16.1. The van der Waals surface area contributed by atoms with Gasteiger partial charge in [0.15, 0.2) is 0 Å².